The number of phenols is 1. The van der Waals surface area contributed by atoms with Gasteiger partial charge in [0.15, 0.2) is 0 Å². The summed E-state index contributed by atoms with van der Waals surface area (Å²) in [5.41, 5.74) is 1.43. The molecular weight excluding hydrogens is 228 g/mol. The molecule has 0 fully saturated rings. The van der Waals surface area contributed by atoms with E-state index in [0.717, 1.165) is 16.3 Å². The predicted molar refractivity (Wildman–Crippen MR) is 67.6 cm³/mol. The van der Waals surface area contributed by atoms with Gasteiger partial charge in [-0.15, -0.1) is 10.2 Å². The van der Waals surface area contributed by atoms with E-state index in [1.165, 1.54) is 0 Å². The number of hydrogen-bond donors (Lipinski definition) is 3. The zero-order valence-corrected chi connectivity index (χ0v) is 9.23. The van der Waals surface area contributed by atoms with Gasteiger partial charge in [0.25, 0.3) is 0 Å². The maximum absolute atomic E-state index is 10.4. The number of nitrogens with zero attached hydrogens (tertiary/aromatic N) is 2. The lowest BCUT2D eigenvalue weighted by molar-refractivity contribution is 0.487. The van der Waals surface area contributed by atoms with Gasteiger partial charge >= 0.3 is 0 Å². The van der Waals surface area contributed by atoms with Crippen molar-refractivity contribution in [2.75, 3.05) is 0 Å². The molecule has 0 aliphatic carbocycles. The van der Waals surface area contributed by atoms with Crippen molar-refractivity contribution in [1.29, 1.82) is 5.41 Å². The minimum Gasteiger partial charge on any atom is -0.507 e. The Bertz CT molecular complexity index is 958. The van der Waals surface area contributed by atoms with Crippen LogP contribution in [0.15, 0.2) is 30.6 Å². The quantitative estimate of drug-likeness (QED) is 0.407. The molecule has 0 saturated carbocycles. The first-order valence-electron chi connectivity index (χ1n) is 5.52. The molecule has 0 amide bonds. The molecule has 4 aromatic rings. The van der Waals surface area contributed by atoms with Crippen LogP contribution >= 0.6 is 0 Å². The molecule has 0 atom stereocenters. The van der Waals surface area contributed by atoms with Crippen LogP contribution in [0.5, 0.6) is 5.75 Å². The zero-order valence-electron chi connectivity index (χ0n) is 9.23. The summed E-state index contributed by atoms with van der Waals surface area (Å²) in [6, 6.07) is 5.16. The molecule has 2 aromatic heterocycles. The van der Waals surface area contributed by atoms with Crippen LogP contribution in [-0.2, 0) is 0 Å². The second-order valence-electron chi connectivity index (χ2n) is 4.25. The molecule has 0 bridgehead atoms. The number of nitrogens with one attached hydrogen (secondary N) is 2. The smallest absolute Gasteiger partial charge is 0.133 e. The van der Waals surface area contributed by atoms with Crippen molar-refractivity contribution in [3.05, 3.63) is 36.0 Å². The van der Waals surface area contributed by atoms with Gasteiger partial charge < -0.3 is 15.5 Å². The molecule has 3 N–H and O–H groups in total. The van der Waals surface area contributed by atoms with E-state index in [9.17, 15) is 5.11 Å². The van der Waals surface area contributed by atoms with E-state index in [0.29, 0.717) is 16.3 Å². The first-order chi connectivity index (χ1) is 8.77. The Labute approximate surface area is 101 Å². The van der Waals surface area contributed by atoms with Gasteiger partial charge in [-0.3, -0.25) is 0 Å². The van der Waals surface area contributed by atoms with E-state index in [4.69, 9.17) is 5.41 Å². The van der Waals surface area contributed by atoms with E-state index in [1.54, 1.807) is 30.6 Å². The van der Waals surface area contributed by atoms with Crippen LogP contribution in [0.2, 0.25) is 0 Å². The number of benzene rings is 2. The van der Waals surface area contributed by atoms with Crippen molar-refractivity contribution in [3.63, 3.8) is 0 Å². The van der Waals surface area contributed by atoms with Crippen LogP contribution < -0.4 is 5.36 Å². The number of H-pyrrole nitrogens is 1. The summed E-state index contributed by atoms with van der Waals surface area (Å²) in [4.78, 5) is 2.98. The maximum Gasteiger partial charge on any atom is 0.133 e. The SMILES string of the molecule is N=c1ccc2nnc3c4c[nH]ccc4c(O)c1c23. The van der Waals surface area contributed by atoms with Crippen LogP contribution in [-0.4, -0.2) is 20.3 Å². The van der Waals surface area contributed by atoms with Crippen LogP contribution in [0, 0.1) is 5.41 Å². The Morgan fingerprint density at radius 2 is 1.94 bits per heavy atom. The highest BCUT2D eigenvalue weighted by molar-refractivity contribution is 6.22. The third-order valence-electron chi connectivity index (χ3n) is 3.29. The number of pyridine rings is 1. The Morgan fingerprint density at radius 1 is 1.06 bits per heavy atom. The van der Waals surface area contributed by atoms with Crippen LogP contribution in [0.3, 0.4) is 0 Å². The highest BCUT2D eigenvalue weighted by Gasteiger charge is 2.16. The van der Waals surface area contributed by atoms with Gasteiger partial charge in [-0.1, -0.05) is 0 Å². The molecule has 86 valence electrons. The molecule has 0 spiro atoms. The number of phenolic OH excluding ortho intramolecular Hbond substituents is 1. The molecule has 0 saturated heterocycles. The van der Waals surface area contributed by atoms with Crippen molar-refractivity contribution in [2.24, 2.45) is 0 Å². The zero-order chi connectivity index (χ0) is 12.3. The molecule has 0 unspecified atom stereocenters. The predicted octanol–water partition coefficient (Wildman–Crippen LogP) is 1.89. The van der Waals surface area contributed by atoms with Gasteiger partial charge in [0.2, 0.25) is 0 Å². The summed E-state index contributed by atoms with van der Waals surface area (Å²) < 4.78 is 0. The summed E-state index contributed by atoms with van der Waals surface area (Å²) in [5, 5.41) is 29.6. The van der Waals surface area contributed by atoms with E-state index in [1.807, 2.05) is 0 Å². The van der Waals surface area contributed by atoms with Crippen LogP contribution in [0.1, 0.15) is 0 Å². The van der Waals surface area contributed by atoms with E-state index in [2.05, 4.69) is 15.2 Å². The molecular formula is C13H8N4O. The lowest BCUT2D eigenvalue weighted by Gasteiger charge is -2.05. The maximum atomic E-state index is 10.4. The van der Waals surface area contributed by atoms with Gasteiger partial charge in [0.05, 0.1) is 16.3 Å². The van der Waals surface area contributed by atoms with E-state index in [-0.39, 0.29) is 11.1 Å². The molecule has 0 aliphatic heterocycles. The number of aromatic amines is 1. The van der Waals surface area contributed by atoms with Crippen molar-refractivity contribution in [3.8, 4) is 5.75 Å². The lowest BCUT2D eigenvalue weighted by Crippen LogP contribution is -1.99. The first-order valence-corrected chi connectivity index (χ1v) is 5.52. The van der Waals surface area contributed by atoms with Crippen LogP contribution in [0.4, 0.5) is 0 Å². The second kappa shape index (κ2) is 2.95. The van der Waals surface area contributed by atoms with Crippen LogP contribution in [0.25, 0.3) is 32.6 Å². The fourth-order valence-electron chi connectivity index (χ4n) is 2.47. The fourth-order valence-corrected chi connectivity index (χ4v) is 2.47. The van der Waals surface area contributed by atoms with E-state index < -0.39 is 0 Å². The highest BCUT2D eigenvalue weighted by Crippen LogP contribution is 2.37. The summed E-state index contributed by atoms with van der Waals surface area (Å²) in [5.74, 6) is 0.122. The van der Waals surface area contributed by atoms with Gasteiger partial charge in [0, 0.05) is 28.6 Å². The normalized spacial score (nSPS) is 11.8. The number of fused-ring (bicyclic) bond motifs is 2. The minimum absolute atomic E-state index is 0.122. The van der Waals surface area contributed by atoms with Crippen molar-refractivity contribution >= 4 is 32.6 Å². The second-order valence-corrected chi connectivity index (χ2v) is 4.25. The molecule has 18 heavy (non-hydrogen) atoms. The topological polar surface area (TPSA) is 85.7 Å². The summed E-state index contributed by atoms with van der Waals surface area (Å²) in [6.07, 6.45) is 3.52. The third-order valence-corrected chi connectivity index (χ3v) is 3.29. The summed E-state index contributed by atoms with van der Waals surface area (Å²) in [6.45, 7) is 0. The molecule has 5 nitrogen and oxygen atoms in total. The molecule has 0 aliphatic rings. The summed E-state index contributed by atoms with van der Waals surface area (Å²) >= 11 is 0. The lowest BCUT2D eigenvalue weighted by atomic mass is 10.0. The fraction of sp³-hybridized carbons (Fsp3) is 0. The van der Waals surface area contributed by atoms with Crippen molar-refractivity contribution in [1.82, 2.24) is 15.2 Å². The number of rotatable bonds is 0. The van der Waals surface area contributed by atoms with Gasteiger partial charge in [-0.2, -0.15) is 0 Å². The highest BCUT2D eigenvalue weighted by atomic mass is 16.3. The Balaban J connectivity index is 2.53. The van der Waals surface area contributed by atoms with E-state index >= 15 is 0 Å². The number of hydrogen-bond acceptors (Lipinski definition) is 4. The number of aromatic hydroxyl groups is 1. The Hall–Kier alpha value is -2.69. The van der Waals surface area contributed by atoms with Gasteiger partial charge in [-0.05, 0) is 18.2 Å². The standard InChI is InChI=1S/C13H8N4O/c14-8-1-2-9-11-10(8)13(18)6-3-4-15-5-7(6)12(11)17-16-9/h1-5,14-15,18H. The van der Waals surface area contributed by atoms with Gasteiger partial charge in [-0.25, -0.2) is 0 Å². The molecule has 4 rings (SSSR count). The average molecular weight is 236 g/mol. The Morgan fingerprint density at radius 3 is 2.83 bits per heavy atom. The average Bonchev–Trinajstić information content (AvgIpc) is 2.82. The van der Waals surface area contributed by atoms with Gasteiger partial charge in [0.1, 0.15) is 11.3 Å². The minimum atomic E-state index is 0.122. The molecule has 0 radical (unpaired) electrons. The van der Waals surface area contributed by atoms with Crippen molar-refractivity contribution < 1.29 is 5.11 Å². The first kappa shape index (κ1) is 9.35. The molecule has 5 heteroatoms. The number of aromatic nitrogens is 3. The molecule has 2 heterocycles. The monoisotopic (exact) mass is 236 g/mol. The summed E-state index contributed by atoms with van der Waals surface area (Å²) in [7, 11) is 0. The molecule has 2 aromatic carbocycles. The third kappa shape index (κ3) is 0.940. The van der Waals surface area contributed by atoms with Crippen molar-refractivity contribution in [2.45, 2.75) is 0 Å². The largest absolute Gasteiger partial charge is 0.507 e. The Kier molecular flexibility index (Phi) is 1.53.